The Hall–Kier alpha value is -4.33. The van der Waals surface area contributed by atoms with E-state index in [1.165, 1.54) is 18.5 Å². The first-order valence-electron chi connectivity index (χ1n) is 9.04. The van der Waals surface area contributed by atoms with E-state index in [1.54, 1.807) is 61.5 Å². The topological polar surface area (TPSA) is 111 Å². The molecular formula is C22H16N4O4. The molecule has 0 aliphatic carbocycles. The molecule has 2 aromatic carbocycles. The first-order valence-corrected chi connectivity index (χ1v) is 9.04. The molecule has 0 fully saturated rings. The molecule has 4 rings (SSSR count). The van der Waals surface area contributed by atoms with Gasteiger partial charge in [-0.05, 0) is 31.2 Å². The van der Waals surface area contributed by atoms with Crippen molar-refractivity contribution in [2.45, 2.75) is 6.92 Å². The van der Waals surface area contributed by atoms with Gasteiger partial charge in [-0.2, -0.15) is 0 Å². The molecule has 1 N–H and O–H groups in total. The highest BCUT2D eigenvalue weighted by atomic mass is 16.6. The number of nitro groups is 1. The van der Waals surface area contributed by atoms with Crippen molar-refractivity contribution in [1.82, 2.24) is 9.55 Å². The Balaban J connectivity index is 1.93. The third-order valence-corrected chi connectivity index (χ3v) is 4.71. The van der Waals surface area contributed by atoms with Crippen molar-refractivity contribution in [3.05, 3.63) is 98.5 Å². The normalized spacial score (nSPS) is 11.2. The number of hydrogen-bond acceptors (Lipinski definition) is 6. The third kappa shape index (κ3) is 3.30. The largest absolute Gasteiger partial charge is 0.494 e. The predicted molar refractivity (Wildman–Crippen MR) is 114 cm³/mol. The number of aryl methyl sites for hydroxylation is 1. The molecule has 2 aromatic heterocycles. The van der Waals surface area contributed by atoms with E-state index in [9.17, 15) is 20.0 Å². The summed E-state index contributed by atoms with van der Waals surface area (Å²) >= 11 is 0. The second kappa shape index (κ2) is 7.59. The summed E-state index contributed by atoms with van der Waals surface area (Å²) in [5, 5.41) is 23.0. The van der Waals surface area contributed by atoms with Crippen LogP contribution in [0.2, 0.25) is 0 Å². The zero-order chi connectivity index (χ0) is 21.3. The van der Waals surface area contributed by atoms with E-state index in [0.29, 0.717) is 27.6 Å². The Bertz CT molecular complexity index is 1360. The molecule has 0 saturated carbocycles. The molecule has 0 aliphatic heterocycles. The maximum absolute atomic E-state index is 13.0. The fourth-order valence-corrected chi connectivity index (χ4v) is 3.20. The summed E-state index contributed by atoms with van der Waals surface area (Å²) in [5.41, 5.74) is 0.725. The first-order chi connectivity index (χ1) is 14.5. The van der Waals surface area contributed by atoms with Gasteiger partial charge in [-0.15, -0.1) is 0 Å². The number of aliphatic imine (C=N–C) groups is 1. The quantitative estimate of drug-likeness (QED) is 0.315. The third-order valence-electron chi connectivity index (χ3n) is 4.71. The highest BCUT2D eigenvalue weighted by Gasteiger charge is 2.17. The van der Waals surface area contributed by atoms with Crippen molar-refractivity contribution < 1.29 is 10.0 Å². The number of rotatable bonds is 4. The summed E-state index contributed by atoms with van der Waals surface area (Å²) in [5.74, 6) is -0.0471. The Kier molecular flexibility index (Phi) is 4.81. The number of hydrogen-bond donors (Lipinski definition) is 1. The van der Waals surface area contributed by atoms with Gasteiger partial charge < -0.3 is 5.11 Å². The first kappa shape index (κ1) is 19.0. The van der Waals surface area contributed by atoms with Crippen molar-refractivity contribution >= 4 is 28.4 Å². The van der Waals surface area contributed by atoms with Crippen LogP contribution in [0, 0.1) is 17.0 Å². The number of nitro benzene ring substituents is 1. The zero-order valence-corrected chi connectivity index (χ0v) is 15.9. The van der Waals surface area contributed by atoms with Crippen LogP contribution >= 0.6 is 0 Å². The van der Waals surface area contributed by atoms with E-state index in [1.807, 2.05) is 0 Å². The van der Waals surface area contributed by atoms with Gasteiger partial charge in [0, 0.05) is 34.8 Å². The van der Waals surface area contributed by atoms with Crippen molar-refractivity contribution in [3.8, 4) is 11.7 Å². The molecule has 4 aromatic rings. The highest BCUT2D eigenvalue weighted by Crippen LogP contribution is 2.27. The number of fused-ring (bicyclic) bond motifs is 1. The molecule has 0 amide bonds. The fraction of sp³-hybridized carbons (Fsp3) is 0.0455. The van der Waals surface area contributed by atoms with Crippen LogP contribution in [0.15, 0.2) is 76.6 Å². The fourth-order valence-electron chi connectivity index (χ4n) is 3.20. The Morgan fingerprint density at radius 2 is 1.83 bits per heavy atom. The van der Waals surface area contributed by atoms with E-state index >= 15 is 0 Å². The lowest BCUT2D eigenvalue weighted by Gasteiger charge is -2.12. The molecule has 8 nitrogen and oxygen atoms in total. The van der Waals surface area contributed by atoms with Crippen LogP contribution in [0.3, 0.4) is 0 Å². The van der Waals surface area contributed by atoms with E-state index in [2.05, 4.69) is 9.98 Å². The molecular weight excluding hydrogens is 384 g/mol. The lowest BCUT2D eigenvalue weighted by molar-refractivity contribution is -0.385. The van der Waals surface area contributed by atoms with E-state index in [4.69, 9.17) is 0 Å². The molecule has 0 aliphatic rings. The minimum absolute atomic E-state index is 0.0443. The molecule has 2 heterocycles. The Morgan fingerprint density at radius 3 is 2.53 bits per heavy atom. The molecule has 0 atom stereocenters. The van der Waals surface area contributed by atoms with E-state index < -0.39 is 10.5 Å². The summed E-state index contributed by atoms with van der Waals surface area (Å²) < 4.78 is 1.11. The minimum Gasteiger partial charge on any atom is -0.494 e. The van der Waals surface area contributed by atoms with Gasteiger partial charge in [0.25, 0.3) is 11.2 Å². The number of aromatic nitrogens is 2. The second-order valence-electron chi connectivity index (χ2n) is 6.60. The minimum atomic E-state index is -0.470. The average Bonchev–Trinajstić information content (AvgIpc) is 2.75. The second-order valence-corrected chi connectivity index (χ2v) is 6.60. The number of nitrogens with zero attached hydrogens (tertiary/aromatic N) is 4. The van der Waals surface area contributed by atoms with Crippen LogP contribution in [-0.4, -0.2) is 25.8 Å². The highest BCUT2D eigenvalue weighted by molar-refractivity contribution is 6.02. The zero-order valence-electron chi connectivity index (χ0n) is 15.9. The molecule has 0 radical (unpaired) electrons. The van der Waals surface area contributed by atoms with Crippen LogP contribution < -0.4 is 5.56 Å². The van der Waals surface area contributed by atoms with E-state index in [-0.39, 0.29) is 17.4 Å². The van der Waals surface area contributed by atoms with Gasteiger partial charge in [-0.25, -0.2) is 9.55 Å². The van der Waals surface area contributed by atoms with Gasteiger partial charge in [0.05, 0.1) is 16.2 Å². The summed E-state index contributed by atoms with van der Waals surface area (Å²) in [6, 6.07) is 16.5. The predicted octanol–water partition coefficient (Wildman–Crippen LogP) is 4.06. The van der Waals surface area contributed by atoms with Crippen molar-refractivity contribution in [3.63, 3.8) is 0 Å². The number of benzene rings is 2. The molecule has 0 saturated heterocycles. The lowest BCUT2D eigenvalue weighted by atomic mass is 10.1. The van der Waals surface area contributed by atoms with Gasteiger partial charge in [-0.3, -0.25) is 19.9 Å². The summed E-state index contributed by atoms with van der Waals surface area (Å²) in [6.07, 6.45) is 2.92. The van der Waals surface area contributed by atoms with Gasteiger partial charge in [0.1, 0.15) is 5.82 Å². The maximum Gasteiger partial charge on any atom is 0.274 e. The van der Waals surface area contributed by atoms with Crippen LogP contribution in [0.4, 0.5) is 11.4 Å². The van der Waals surface area contributed by atoms with Crippen LogP contribution in [0.1, 0.15) is 11.1 Å². The van der Waals surface area contributed by atoms with Gasteiger partial charge in [0.2, 0.25) is 5.88 Å². The van der Waals surface area contributed by atoms with Crippen LogP contribution in [0.5, 0.6) is 5.88 Å². The molecule has 0 spiro atoms. The lowest BCUT2D eigenvalue weighted by Crippen LogP contribution is -2.20. The SMILES string of the molecule is Cc1ccc(N=Cc2c(O)n(-c3ccccn3)c(=O)c3ccccc23)cc1[N+](=O)[O-]. The van der Waals surface area contributed by atoms with Crippen molar-refractivity contribution in [2.75, 3.05) is 0 Å². The van der Waals surface area contributed by atoms with Crippen molar-refractivity contribution in [1.29, 1.82) is 0 Å². The molecule has 0 unspecified atom stereocenters. The Labute approximate surface area is 170 Å². The monoisotopic (exact) mass is 400 g/mol. The summed E-state index contributed by atoms with van der Waals surface area (Å²) in [4.78, 5) is 32.2. The van der Waals surface area contributed by atoms with Gasteiger partial charge in [0.15, 0.2) is 0 Å². The standard InChI is InChI=1S/C22H16N4O4/c1-14-9-10-15(12-19(14)26(29)30)24-13-18-16-6-2-3-7-17(16)21(27)25(22(18)28)20-8-4-5-11-23-20/h2-13,28H,1H3. The molecule has 30 heavy (non-hydrogen) atoms. The smallest absolute Gasteiger partial charge is 0.274 e. The maximum atomic E-state index is 13.0. The number of aromatic hydroxyl groups is 1. The van der Waals surface area contributed by atoms with Crippen LogP contribution in [-0.2, 0) is 0 Å². The van der Waals surface area contributed by atoms with Crippen LogP contribution in [0.25, 0.3) is 16.6 Å². The van der Waals surface area contributed by atoms with Gasteiger partial charge in [-0.1, -0.05) is 30.3 Å². The van der Waals surface area contributed by atoms with Crippen molar-refractivity contribution in [2.24, 2.45) is 4.99 Å². The van der Waals surface area contributed by atoms with Gasteiger partial charge >= 0.3 is 0 Å². The summed E-state index contributed by atoms with van der Waals surface area (Å²) in [6.45, 7) is 1.65. The number of pyridine rings is 2. The molecule has 148 valence electrons. The Morgan fingerprint density at radius 1 is 1.10 bits per heavy atom. The molecule has 0 bridgehead atoms. The molecule has 8 heteroatoms. The van der Waals surface area contributed by atoms with E-state index in [0.717, 1.165) is 4.57 Å². The average molecular weight is 400 g/mol. The summed E-state index contributed by atoms with van der Waals surface area (Å²) in [7, 11) is 0.